The van der Waals surface area contributed by atoms with E-state index in [1.807, 2.05) is 6.92 Å². The van der Waals surface area contributed by atoms with Crippen molar-refractivity contribution < 1.29 is 9.53 Å². The molecule has 2 rings (SSSR count). The molecule has 1 saturated heterocycles. The van der Waals surface area contributed by atoms with Gasteiger partial charge < -0.3 is 10.1 Å². The average molecular weight is 290 g/mol. The fourth-order valence-electron chi connectivity index (χ4n) is 3.13. The van der Waals surface area contributed by atoms with E-state index in [-0.39, 0.29) is 5.97 Å². The van der Waals surface area contributed by atoms with Crippen LogP contribution >= 0.6 is 0 Å². The van der Waals surface area contributed by atoms with Gasteiger partial charge in [0.1, 0.15) is 5.54 Å². The minimum atomic E-state index is -0.661. The third-order valence-corrected chi connectivity index (χ3v) is 4.31. The summed E-state index contributed by atoms with van der Waals surface area (Å²) in [4.78, 5) is 15.1. The van der Waals surface area contributed by atoms with E-state index in [2.05, 4.69) is 48.3 Å². The molecular formula is C17H26N2O2. The van der Waals surface area contributed by atoms with Crippen molar-refractivity contribution in [2.24, 2.45) is 0 Å². The molecule has 4 heteroatoms. The highest BCUT2D eigenvalue weighted by atomic mass is 16.5. The van der Waals surface area contributed by atoms with Crippen molar-refractivity contribution >= 4 is 5.97 Å². The third-order valence-electron chi connectivity index (χ3n) is 4.31. The van der Waals surface area contributed by atoms with E-state index < -0.39 is 5.54 Å². The second-order valence-electron chi connectivity index (χ2n) is 5.54. The summed E-state index contributed by atoms with van der Waals surface area (Å²) in [5.41, 5.74) is 1.58. The second kappa shape index (κ2) is 7.05. The zero-order valence-corrected chi connectivity index (χ0v) is 13.3. The zero-order chi connectivity index (χ0) is 15.3. The number of esters is 1. The van der Waals surface area contributed by atoms with Gasteiger partial charge in [0.2, 0.25) is 0 Å². The molecule has 4 nitrogen and oxygen atoms in total. The first-order valence-corrected chi connectivity index (χ1v) is 7.85. The number of carbonyl (C=O) groups excluding carboxylic acids is 1. The van der Waals surface area contributed by atoms with E-state index >= 15 is 0 Å². The van der Waals surface area contributed by atoms with Gasteiger partial charge in [-0.1, -0.05) is 36.8 Å². The topological polar surface area (TPSA) is 41.6 Å². The molecule has 1 fully saturated rings. The summed E-state index contributed by atoms with van der Waals surface area (Å²) in [6.07, 6.45) is 0.717. The lowest BCUT2D eigenvalue weighted by atomic mass is 9.84. The summed E-state index contributed by atoms with van der Waals surface area (Å²) in [5, 5.41) is 3.35. The number of ether oxygens (including phenoxy) is 1. The van der Waals surface area contributed by atoms with Gasteiger partial charge in [-0.3, -0.25) is 4.90 Å². The first-order chi connectivity index (χ1) is 10.1. The number of aryl methyl sites for hydroxylation is 1. The summed E-state index contributed by atoms with van der Waals surface area (Å²) in [6.45, 7) is 9.95. The van der Waals surface area contributed by atoms with E-state index in [9.17, 15) is 4.79 Å². The van der Waals surface area contributed by atoms with Crippen LogP contribution in [0.5, 0.6) is 0 Å². The van der Waals surface area contributed by atoms with Crippen LogP contribution in [-0.4, -0.2) is 43.7 Å². The van der Waals surface area contributed by atoms with Gasteiger partial charge in [0, 0.05) is 26.2 Å². The van der Waals surface area contributed by atoms with E-state index in [1.54, 1.807) is 0 Å². The maximum atomic E-state index is 12.8. The van der Waals surface area contributed by atoms with Crippen LogP contribution in [0.4, 0.5) is 0 Å². The number of rotatable bonds is 5. The predicted molar refractivity (Wildman–Crippen MR) is 84.2 cm³/mol. The molecule has 1 heterocycles. The van der Waals surface area contributed by atoms with Crippen molar-refractivity contribution in [1.29, 1.82) is 0 Å². The standard InChI is InChI=1S/C17H26N2O2/c1-4-17(16(20)21-5-2,19-12-10-18-11-13-19)15-8-6-14(3)7-9-15/h6-9,18H,4-5,10-13H2,1-3H3. The van der Waals surface area contributed by atoms with Gasteiger partial charge in [-0.15, -0.1) is 0 Å². The molecule has 0 bridgehead atoms. The lowest BCUT2D eigenvalue weighted by Gasteiger charge is -2.43. The summed E-state index contributed by atoms with van der Waals surface area (Å²) in [6, 6.07) is 8.28. The van der Waals surface area contributed by atoms with E-state index in [0.29, 0.717) is 6.61 Å². The maximum Gasteiger partial charge on any atom is 0.331 e. The van der Waals surface area contributed by atoms with E-state index in [1.165, 1.54) is 5.56 Å². The molecule has 116 valence electrons. The molecular weight excluding hydrogens is 264 g/mol. The van der Waals surface area contributed by atoms with Crippen LogP contribution in [0.1, 0.15) is 31.4 Å². The number of carbonyl (C=O) groups is 1. The van der Waals surface area contributed by atoms with Crippen LogP contribution in [0, 0.1) is 6.92 Å². The Morgan fingerprint density at radius 1 is 1.24 bits per heavy atom. The minimum Gasteiger partial charge on any atom is -0.464 e. The maximum absolute atomic E-state index is 12.8. The van der Waals surface area contributed by atoms with Crippen LogP contribution in [0.25, 0.3) is 0 Å². The van der Waals surface area contributed by atoms with Crippen molar-refractivity contribution in [2.75, 3.05) is 32.8 Å². The summed E-state index contributed by atoms with van der Waals surface area (Å²) in [7, 11) is 0. The Labute approximate surface area is 127 Å². The first-order valence-electron chi connectivity index (χ1n) is 7.85. The largest absolute Gasteiger partial charge is 0.464 e. The first kappa shape index (κ1) is 16.0. The molecule has 1 aromatic carbocycles. The lowest BCUT2D eigenvalue weighted by Crippen LogP contribution is -2.58. The average Bonchev–Trinajstić information content (AvgIpc) is 2.52. The third kappa shape index (κ3) is 3.11. The van der Waals surface area contributed by atoms with Crippen molar-refractivity contribution in [3.05, 3.63) is 35.4 Å². The number of hydrogen-bond acceptors (Lipinski definition) is 4. The van der Waals surface area contributed by atoms with Crippen LogP contribution < -0.4 is 5.32 Å². The molecule has 21 heavy (non-hydrogen) atoms. The van der Waals surface area contributed by atoms with E-state index in [4.69, 9.17) is 4.74 Å². The number of hydrogen-bond donors (Lipinski definition) is 1. The predicted octanol–water partition coefficient (Wildman–Crippen LogP) is 2.07. The normalized spacial score (nSPS) is 19.0. The molecule has 0 amide bonds. The molecule has 1 aromatic rings. The monoisotopic (exact) mass is 290 g/mol. The van der Waals surface area contributed by atoms with Gasteiger partial charge in [-0.25, -0.2) is 4.79 Å². The number of benzene rings is 1. The van der Waals surface area contributed by atoms with Crippen molar-refractivity contribution in [3.8, 4) is 0 Å². The Morgan fingerprint density at radius 3 is 2.38 bits per heavy atom. The Balaban J connectivity index is 2.44. The molecule has 0 saturated carbocycles. The van der Waals surface area contributed by atoms with Crippen molar-refractivity contribution in [1.82, 2.24) is 10.2 Å². The minimum absolute atomic E-state index is 0.127. The SMILES string of the molecule is CCOC(=O)C(CC)(c1ccc(C)cc1)N1CCNCC1. The molecule has 0 spiro atoms. The zero-order valence-electron chi connectivity index (χ0n) is 13.3. The molecule has 0 radical (unpaired) electrons. The highest BCUT2D eigenvalue weighted by Crippen LogP contribution is 2.34. The van der Waals surface area contributed by atoms with Crippen LogP contribution in [0.2, 0.25) is 0 Å². The van der Waals surface area contributed by atoms with Crippen LogP contribution in [0.15, 0.2) is 24.3 Å². The van der Waals surface area contributed by atoms with Crippen LogP contribution in [0.3, 0.4) is 0 Å². The molecule has 1 unspecified atom stereocenters. The Bertz CT molecular complexity index is 466. The highest BCUT2D eigenvalue weighted by Gasteiger charge is 2.45. The molecule has 1 aliphatic rings. The lowest BCUT2D eigenvalue weighted by molar-refractivity contribution is -0.160. The number of piperazine rings is 1. The van der Waals surface area contributed by atoms with Crippen LogP contribution in [-0.2, 0) is 15.1 Å². The molecule has 0 aliphatic carbocycles. The number of nitrogens with one attached hydrogen (secondary N) is 1. The number of nitrogens with zero attached hydrogens (tertiary/aromatic N) is 1. The quantitative estimate of drug-likeness (QED) is 0.843. The second-order valence-corrected chi connectivity index (χ2v) is 5.54. The van der Waals surface area contributed by atoms with Gasteiger partial charge in [-0.05, 0) is 25.8 Å². The summed E-state index contributed by atoms with van der Waals surface area (Å²) < 4.78 is 5.44. The van der Waals surface area contributed by atoms with Crippen molar-refractivity contribution in [3.63, 3.8) is 0 Å². The smallest absolute Gasteiger partial charge is 0.331 e. The molecule has 0 aromatic heterocycles. The van der Waals surface area contributed by atoms with Gasteiger partial charge in [0.05, 0.1) is 6.61 Å². The fourth-order valence-corrected chi connectivity index (χ4v) is 3.13. The Morgan fingerprint density at radius 2 is 1.86 bits per heavy atom. The molecule has 1 N–H and O–H groups in total. The Kier molecular flexibility index (Phi) is 5.37. The molecule has 1 atom stereocenters. The van der Waals surface area contributed by atoms with Gasteiger partial charge >= 0.3 is 5.97 Å². The Hall–Kier alpha value is -1.39. The summed E-state index contributed by atoms with van der Waals surface area (Å²) in [5.74, 6) is -0.127. The fraction of sp³-hybridized carbons (Fsp3) is 0.588. The van der Waals surface area contributed by atoms with Crippen molar-refractivity contribution in [2.45, 2.75) is 32.7 Å². The van der Waals surface area contributed by atoms with Gasteiger partial charge in [-0.2, -0.15) is 0 Å². The van der Waals surface area contributed by atoms with Gasteiger partial charge in [0.15, 0.2) is 0 Å². The summed E-state index contributed by atoms with van der Waals surface area (Å²) >= 11 is 0. The van der Waals surface area contributed by atoms with E-state index in [0.717, 1.165) is 38.2 Å². The highest BCUT2D eigenvalue weighted by molar-refractivity contribution is 5.82. The van der Waals surface area contributed by atoms with Gasteiger partial charge in [0.25, 0.3) is 0 Å². The molecule has 1 aliphatic heterocycles.